The molecule has 2 aromatic carbocycles. The molecule has 0 aliphatic rings. The van der Waals surface area contributed by atoms with E-state index in [9.17, 15) is 4.79 Å². The number of esters is 1. The lowest BCUT2D eigenvalue weighted by Crippen LogP contribution is -2.19. The van der Waals surface area contributed by atoms with Crippen molar-refractivity contribution in [2.75, 3.05) is 6.61 Å². The smallest absolute Gasteiger partial charge is 0.328 e. The number of hydrogen-bond donors (Lipinski definition) is 0. The Hall–Kier alpha value is -2.75. The minimum atomic E-state index is -0.376. The highest BCUT2D eigenvalue weighted by atomic mass is 16.5. The Morgan fingerprint density at radius 2 is 1.78 bits per heavy atom. The van der Waals surface area contributed by atoms with Crippen LogP contribution in [0, 0.1) is 5.92 Å². The number of fused-ring (bicyclic) bond motifs is 1. The summed E-state index contributed by atoms with van der Waals surface area (Å²) in [7, 11) is 0. The number of aromatic nitrogens is 1. The van der Waals surface area contributed by atoms with Crippen molar-refractivity contribution in [1.29, 1.82) is 0 Å². The summed E-state index contributed by atoms with van der Waals surface area (Å²) in [6.07, 6.45) is 2.80. The minimum Gasteiger partial charge on any atom is -0.488 e. The third-order valence-electron chi connectivity index (χ3n) is 4.66. The van der Waals surface area contributed by atoms with Crippen molar-refractivity contribution in [2.24, 2.45) is 5.92 Å². The molecule has 3 rings (SSSR count). The van der Waals surface area contributed by atoms with Gasteiger partial charge in [0.15, 0.2) is 0 Å². The summed E-state index contributed by atoms with van der Waals surface area (Å²) in [6.45, 7) is 7.08. The van der Waals surface area contributed by atoms with E-state index in [1.807, 2.05) is 72.3 Å². The summed E-state index contributed by atoms with van der Waals surface area (Å²) < 4.78 is 13.4. The largest absolute Gasteiger partial charge is 0.488 e. The fourth-order valence-corrected chi connectivity index (χ4v) is 2.99. The quantitative estimate of drug-likeness (QED) is 0.504. The van der Waals surface area contributed by atoms with Crippen molar-refractivity contribution < 1.29 is 14.3 Å². The first-order chi connectivity index (χ1) is 13.1. The zero-order valence-electron chi connectivity index (χ0n) is 16.2. The molecule has 0 spiro atoms. The van der Waals surface area contributed by atoms with E-state index in [0.717, 1.165) is 28.6 Å². The van der Waals surface area contributed by atoms with Crippen LogP contribution in [-0.4, -0.2) is 17.1 Å². The van der Waals surface area contributed by atoms with Crippen LogP contribution in [0.3, 0.4) is 0 Å². The van der Waals surface area contributed by atoms with Gasteiger partial charge in [0.25, 0.3) is 0 Å². The Morgan fingerprint density at radius 1 is 1.00 bits per heavy atom. The molecule has 0 amide bonds. The van der Waals surface area contributed by atoms with Crippen molar-refractivity contribution in [3.63, 3.8) is 0 Å². The Labute approximate surface area is 160 Å². The van der Waals surface area contributed by atoms with Crippen LogP contribution >= 0.6 is 0 Å². The number of carbonyl (C=O) groups is 1. The SMILES string of the molecule is CC(C)CCOC(=O)C(C)n1ccc2c(OCc3ccccc3)cccc21. The van der Waals surface area contributed by atoms with Gasteiger partial charge in [0, 0.05) is 11.6 Å². The number of carbonyl (C=O) groups excluding carboxylic acids is 1. The van der Waals surface area contributed by atoms with Crippen molar-refractivity contribution in [3.8, 4) is 5.75 Å². The maximum atomic E-state index is 12.4. The van der Waals surface area contributed by atoms with Crippen LogP contribution in [0.15, 0.2) is 60.8 Å². The monoisotopic (exact) mass is 365 g/mol. The Balaban J connectivity index is 1.73. The maximum Gasteiger partial charge on any atom is 0.328 e. The number of hydrogen-bond acceptors (Lipinski definition) is 3. The summed E-state index contributed by atoms with van der Waals surface area (Å²) in [6, 6.07) is 17.6. The molecule has 0 fully saturated rings. The first-order valence-corrected chi connectivity index (χ1v) is 9.49. The lowest BCUT2D eigenvalue weighted by atomic mass is 10.1. The summed E-state index contributed by atoms with van der Waals surface area (Å²) in [4.78, 5) is 12.4. The molecule has 27 heavy (non-hydrogen) atoms. The van der Waals surface area contributed by atoms with Gasteiger partial charge in [-0.05, 0) is 43.0 Å². The van der Waals surface area contributed by atoms with E-state index in [-0.39, 0.29) is 12.0 Å². The van der Waals surface area contributed by atoms with Crippen LogP contribution < -0.4 is 4.74 Å². The van der Waals surface area contributed by atoms with Crippen molar-refractivity contribution in [1.82, 2.24) is 4.57 Å². The van der Waals surface area contributed by atoms with Gasteiger partial charge in [-0.15, -0.1) is 0 Å². The second-order valence-corrected chi connectivity index (χ2v) is 7.21. The molecule has 0 saturated heterocycles. The van der Waals surface area contributed by atoms with Crippen LogP contribution in [0.1, 0.15) is 38.8 Å². The predicted octanol–water partition coefficient (Wildman–Crippen LogP) is 5.37. The fourth-order valence-electron chi connectivity index (χ4n) is 2.99. The molecule has 0 radical (unpaired) electrons. The van der Waals surface area contributed by atoms with Gasteiger partial charge in [0.2, 0.25) is 0 Å². The predicted molar refractivity (Wildman–Crippen MR) is 108 cm³/mol. The number of benzene rings is 2. The van der Waals surface area contributed by atoms with Crippen LogP contribution in [0.4, 0.5) is 0 Å². The van der Waals surface area contributed by atoms with Gasteiger partial charge < -0.3 is 14.0 Å². The zero-order valence-corrected chi connectivity index (χ0v) is 16.2. The highest BCUT2D eigenvalue weighted by Crippen LogP contribution is 2.29. The van der Waals surface area contributed by atoms with Gasteiger partial charge in [-0.3, -0.25) is 0 Å². The topological polar surface area (TPSA) is 40.5 Å². The lowest BCUT2D eigenvalue weighted by molar-refractivity contribution is -0.147. The van der Waals surface area contributed by atoms with E-state index < -0.39 is 0 Å². The Bertz CT molecular complexity index is 883. The molecule has 1 heterocycles. The van der Waals surface area contributed by atoms with Crippen LogP contribution in [0.25, 0.3) is 10.9 Å². The second kappa shape index (κ2) is 8.76. The molecule has 0 saturated carbocycles. The molecular weight excluding hydrogens is 338 g/mol. The first kappa shape index (κ1) is 19.0. The molecule has 0 N–H and O–H groups in total. The van der Waals surface area contributed by atoms with Crippen LogP contribution in [0.5, 0.6) is 5.75 Å². The molecule has 4 heteroatoms. The molecule has 1 aromatic heterocycles. The summed E-state index contributed by atoms with van der Waals surface area (Å²) in [5.74, 6) is 1.13. The molecule has 3 aromatic rings. The van der Waals surface area contributed by atoms with E-state index in [2.05, 4.69) is 13.8 Å². The third kappa shape index (κ3) is 4.70. The van der Waals surface area contributed by atoms with E-state index in [4.69, 9.17) is 9.47 Å². The molecule has 4 nitrogen and oxygen atoms in total. The van der Waals surface area contributed by atoms with Crippen molar-refractivity contribution in [3.05, 3.63) is 66.4 Å². The van der Waals surface area contributed by atoms with Crippen LogP contribution in [0.2, 0.25) is 0 Å². The highest BCUT2D eigenvalue weighted by Gasteiger charge is 2.19. The van der Waals surface area contributed by atoms with E-state index in [1.165, 1.54) is 0 Å². The molecule has 0 aliphatic carbocycles. The Morgan fingerprint density at radius 3 is 2.52 bits per heavy atom. The van der Waals surface area contributed by atoms with Gasteiger partial charge in [-0.2, -0.15) is 0 Å². The molecule has 1 unspecified atom stereocenters. The second-order valence-electron chi connectivity index (χ2n) is 7.21. The average Bonchev–Trinajstić information content (AvgIpc) is 3.11. The van der Waals surface area contributed by atoms with E-state index in [0.29, 0.717) is 19.1 Å². The standard InChI is InChI=1S/C23H27NO3/c1-17(2)13-15-26-23(25)18(3)24-14-12-20-21(24)10-7-11-22(20)27-16-19-8-5-4-6-9-19/h4-12,14,17-18H,13,15-16H2,1-3H3. The minimum absolute atomic E-state index is 0.205. The van der Waals surface area contributed by atoms with E-state index in [1.54, 1.807) is 0 Å². The third-order valence-corrected chi connectivity index (χ3v) is 4.66. The number of ether oxygens (including phenoxy) is 2. The zero-order chi connectivity index (χ0) is 19.2. The van der Waals surface area contributed by atoms with Gasteiger partial charge >= 0.3 is 5.97 Å². The van der Waals surface area contributed by atoms with Gasteiger partial charge in [0.05, 0.1) is 12.1 Å². The molecule has 0 bridgehead atoms. The molecular formula is C23H27NO3. The first-order valence-electron chi connectivity index (χ1n) is 9.49. The fraction of sp³-hybridized carbons (Fsp3) is 0.348. The van der Waals surface area contributed by atoms with E-state index >= 15 is 0 Å². The van der Waals surface area contributed by atoms with Crippen molar-refractivity contribution >= 4 is 16.9 Å². The maximum absolute atomic E-state index is 12.4. The van der Waals surface area contributed by atoms with Crippen molar-refractivity contribution in [2.45, 2.75) is 39.8 Å². The molecule has 0 aliphatic heterocycles. The average molecular weight is 365 g/mol. The number of nitrogens with zero attached hydrogens (tertiary/aromatic N) is 1. The summed E-state index contributed by atoms with van der Waals surface area (Å²) in [5.41, 5.74) is 2.09. The summed E-state index contributed by atoms with van der Waals surface area (Å²) in [5, 5.41) is 0.996. The summed E-state index contributed by atoms with van der Waals surface area (Å²) >= 11 is 0. The number of rotatable bonds is 8. The molecule has 142 valence electrons. The highest BCUT2D eigenvalue weighted by molar-refractivity contribution is 5.88. The van der Waals surface area contributed by atoms with Gasteiger partial charge in [-0.1, -0.05) is 50.2 Å². The van der Waals surface area contributed by atoms with Gasteiger partial charge in [0.1, 0.15) is 18.4 Å². The van der Waals surface area contributed by atoms with Gasteiger partial charge in [-0.25, -0.2) is 4.79 Å². The molecule has 1 atom stereocenters. The normalized spacial score (nSPS) is 12.3. The lowest BCUT2D eigenvalue weighted by Gasteiger charge is -2.15. The van der Waals surface area contributed by atoms with Crippen LogP contribution in [-0.2, 0) is 16.1 Å². The Kier molecular flexibility index (Phi) is 6.17.